The maximum Gasteiger partial charge on any atom is 0.403 e. The van der Waals surface area contributed by atoms with Gasteiger partial charge in [0.25, 0.3) is 5.92 Å². The molecule has 1 amide bonds. The van der Waals surface area contributed by atoms with Crippen molar-refractivity contribution >= 4 is 5.91 Å². The fourth-order valence-corrected chi connectivity index (χ4v) is 2.15. The molecule has 0 N–H and O–H groups in total. The van der Waals surface area contributed by atoms with E-state index in [4.69, 9.17) is 5.53 Å². The molecule has 1 unspecified atom stereocenters. The molecule has 1 saturated heterocycles. The molecule has 2 aliphatic rings. The first-order chi connectivity index (χ1) is 8.64. The van der Waals surface area contributed by atoms with Crippen molar-refractivity contribution in [3.63, 3.8) is 0 Å². The minimum atomic E-state index is -4.74. The van der Waals surface area contributed by atoms with Crippen LogP contribution in [0.15, 0.2) is 5.11 Å². The molecule has 1 atom stereocenters. The van der Waals surface area contributed by atoms with Gasteiger partial charge in [0, 0.05) is 11.5 Å². The highest BCUT2D eigenvalue weighted by Crippen LogP contribution is 2.59. The predicted molar refractivity (Wildman–Crippen MR) is 52.2 cm³/mol. The van der Waals surface area contributed by atoms with Crippen LogP contribution in [-0.4, -0.2) is 42.0 Å². The third kappa shape index (κ3) is 2.09. The number of halogens is 5. The number of amides is 1. The third-order valence-corrected chi connectivity index (χ3v) is 3.46. The zero-order valence-corrected chi connectivity index (χ0v) is 9.49. The first-order valence-electron chi connectivity index (χ1n) is 5.42. The summed E-state index contributed by atoms with van der Waals surface area (Å²) in [5, 5.41) is 2.83. The molecule has 2 rings (SSSR count). The maximum atomic E-state index is 13.4. The molecule has 10 heteroatoms. The normalized spacial score (nSPS) is 27.8. The molecule has 106 valence electrons. The van der Waals surface area contributed by atoms with Gasteiger partial charge in [0.05, 0.1) is 6.54 Å². The van der Waals surface area contributed by atoms with Crippen molar-refractivity contribution in [1.29, 1.82) is 0 Å². The minimum Gasteiger partial charge on any atom is -0.335 e. The van der Waals surface area contributed by atoms with Gasteiger partial charge in [-0.1, -0.05) is 5.11 Å². The van der Waals surface area contributed by atoms with Gasteiger partial charge in [-0.25, -0.2) is 8.78 Å². The van der Waals surface area contributed by atoms with Gasteiger partial charge in [-0.15, -0.1) is 0 Å². The molecular formula is C9H9F5N4O. The number of nitrogens with zero attached hydrogens (tertiary/aromatic N) is 4. The third-order valence-electron chi connectivity index (χ3n) is 3.46. The Morgan fingerprint density at radius 3 is 2.37 bits per heavy atom. The second kappa shape index (κ2) is 3.96. The Morgan fingerprint density at radius 1 is 1.37 bits per heavy atom. The van der Waals surface area contributed by atoms with Crippen LogP contribution in [0, 0.1) is 5.41 Å². The van der Waals surface area contributed by atoms with E-state index in [1.54, 1.807) is 0 Å². The van der Waals surface area contributed by atoms with E-state index >= 15 is 0 Å². The van der Waals surface area contributed by atoms with Gasteiger partial charge in [-0.2, -0.15) is 13.2 Å². The molecule has 0 aromatic carbocycles. The van der Waals surface area contributed by atoms with Crippen LogP contribution in [0.3, 0.4) is 0 Å². The van der Waals surface area contributed by atoms with Crippen LogP contribution in [0.1, 0.15) is 12.8 Å². The predicted octanol–water partition coefficient (Wildman–Crippen LogP) is 2.49. The number of hydrogen-bond donors (Lipinski definition) is 0. The monoisotopic (exact) mass is 284 g/mol. The summed E-state index contributed by atoms with van der Waals surface area (Å²) in [6.07, 6.45) is -5.51. The van der Waals surface area contributed by atoms with Crippen molar-refractivity contribution in [2.75, 3.05) is 13.1 Å². The van der Waals surface area contributed by atoms with Gasteiger partial charge < -0.3 is 4.90 Å². The first-order valence-corrected chi connectivity index (χ1v) is 5.42. The van der Waals surface area contributed by atoms with Gasteiger partial charge in [-0.05, 0) is 18.4 Å². The van der Waals surface area contributed by atoms with Gasteiger partial charge in [0.1, 0.15) is 11.5 Å². The number of likely N-dealkylation sites (tertiary alicyclic amines) is 1. The first kappa shape index (κ1) is 13.9. The highest BCUT2D eigenvalue weighted by molar-refractivity contribution is 5.86. The number of azide groups is 1. The van der Waals surface area contributed by atoms with E-state index in [-0.39, 0.29) is 12.8 Å². The Balaban J connectivity index is 2.18. The molecule has 2 fully saturated rings. The molecular weight excluding hydrogens is 275 g/mol. The van der Waals surface area contributed by atoms with E-state index in [1.165, 1.54) is 0 Å². The van der Waals surface area contributed by atoms with Crippen LogP contribution in [-0.2, 0) is 4.79 Å². The largest absolute Gasteiger partial charge is 0.403 e. The number of hydrogen-bond acceptors (Lipinski definition) is 2. The molecule has 1 aliphatic heterocycles. The van der Waals surface area contributed by atoms with Crippen molar-refractivity contribution < 1.29 is 26.7 Å². The Labute approximate surface area is 104 Å². The SMILES string of the molecule is [N-]=[N+]=NC1CN(C(=O)C2(C(F)(F)F)CC2)CC1(F)F. The molecule has 0 bridgehead atoms. The van der Waals surface area contributed by atoms with E-state index in [0.29, 0.717) is 4.90 Å². The van der Waals surface area contributed by atoms with E-state index in [0.717, 1.165) is 0 Å². The molecule has 0 radical (unpaired) electrons. The summed E-state index contributed by atoms with van der Waals surface area (Å²) < 4.78 is 64.9. The van der Waals surface area contributed by atoms with E-state index in [9.17, 15) is 26.7 Å². The highest BCUT2D eigenvalue weighted by atomic mass is 19.4. The lowest BCUT2D eigenvalue weighted by atomic mass is 10.1. The lowest BCUT2D eigenvalue weighted by Gasteiger charge is -2.24. The summed E-state index contributed by atoms with van der Waals surface area (Å²) in [6.45, 7) is -1.83. The van der Waals surface area contributed by atoms with Gasteiger partial charge >= 0.3 is 6.18 Å². The number of alkyl halides is 5. The molecule has 19 heavy (non-hydrogen) atoms. The van der Waals surface area contributed by atoms with Crippen LogP contribution < -0.4 is 0 Å². The lowest BCUT2D eigenvalue weighted by Crippen LogP contribution is -2.43. The van der Waals surface area contributed by atoms with Crippen LogP contribution >= 0.6 is 0 Å². The van der Waals surface area contributed by atoms with Crippen LogP contribution in [0.4, 0.5) is 22.0 Å². The van der Waals surface area contributed by atoms with Crippen molar-refractivity contribution in [2.24, 2.45) is 10.5 Å². The topological polar surface area (TPSA) is 69.1 Å². The quantitative estimate of drug-likeness (QED) is 0.332. The molecule has 1 heterocycles. The average molecular weight is 284 g/mol. The summed E-state index contributed by atoms with van der Waals surface area (Å²) in [5.41, 5.74) is 5.61. The average Bonchev–Trinajstić information content (AvgIpc) is 3.01. The summed E-state index contributed by atoms with van der Waals surface area (Å²) in [7, 11) is 0. The van der Waals surface area contributed by atoms with Gasteiger partial charge in [0.15, 0.2) is 0 Å². The van der Waals surface area contributed by atoms with E-state index in [1.807, 2.05) is 0 Å². The molecule has 1 aliphatic carbocycles. The second-order valence-corrected chi connectivity index (χ2v) is 4.75. The number of rotatable bonds is 2. The maximum absolute atomic E-state index is 13.4. The van der Waals surface area contributed by atoms with E-state index < -0.39 is 42.6 Å². The van der Waals surface area contributed by atoms with Crippen molar-refractivity contribution in [3.05, 3.63) is 10.4 Å². The summed E-state index contributed by atoms with van der Waals surface area (Å²) in [5.74, 6) is -4.85. The summed E-state index contributed by atoms with van der Waals surface area (Å²) >= 11 is 0. The molecule has 5 nitrogen and oxygen atoms in total. The standard InChI is InChI=1S/C9H9F5N4O/c10-8(11)4-18(3-5(8)16-17-15)6(19)7(1-2-7)9(12,13)14/h5H,1-4H2. The second-order valence-electron chi connectivity index (χ2n) is 4.75. The van der Waals surface area contributed by atoms with Crippen LogP contribution in [0.25, 0.3) is 10.4 Å². The Kier molecular flexibility index (Phi) is 2.89. The Hall–Kier alpha value is -1.57. The van der Waals surface area contributed by atoms with Crippen molar-refractivity contribution in [1.82, 2.24) is 4.90 Å². The minimum absolute atomic E-state index is 0.385. The van der Waals surface area contributed by atoms with Gasteiger partial charge in [-0.3, -0.25) is 4.79 Å². The Bertz CT molecular complexity index is 452. The summed E-state index contributed by atoms with van der Waals surface area (Å²) in [4.78, 5) is 14.4. The summed E-state index contributed by atoms with van der Waals surface area (Å²) in [6, 6.07) is -1.81. The zero-order chi connectivity index (χ0) is 14.5. The van der Waals surface area contributed by atoms with Crippen LogP contribution in [0.5, 0.6) is 0 Å². The van der Waals surface area contributed by atoms with Crippen molar-refractivity contribution in [2.45, 2.75) is 31.0 Å². The molecule has 1 saturated carbocycles. The Morgan fingerprint density at radius 2 is 1.95 bits per heavy atom. The molecule has 0 spiro atoms. The number of carbonyl (C=O) groups is 1. The van der Waals surface area contributed by atoms with Crippen LogP contribution in [0.2, 0.25) is 0 Å². The number of carbonyl (C=O) groups excluding carboxylic acids is 1. The smallest absolute Gasteiger partial charge is 0.335 e. The van der Waals surface area contributed by atoms with Gasteiger partial charge in [0.2, 0.25) is 5.91 Å². The van der Waals surface area contributed by atoms with E-state index in [2.05, 4.69) is 10.0 Å². The fraction of sp³-hybridized carbons (Fsp3) is 0.889. The molecule has 0 aromatic heterocycles. The van der Waals surface area contributed by atoms with Crippen molar-refractivity contribution in [3.8, 4) is 0 Å². The fourth-order valence-electron chi connectivity index (χ4n) is 2.15. The molecule has 0 aromatic rings. The zero-order valence-electron chi connectivity index (χ0n) is 9.49. The lowest BCUT2D eigenvalue weighted by molar-refractivity contribution is -0.198. The highest BCUT2D eigenvalue weighted by Gasteiger charge is 2.70.